The summed E-state index contributed by atoms with van der Waals surface area (Å²) >= 11 is 5.83. The number of methoxy groups -OCH3 is 1. The van der Waals surface area contributed by atoms with Crippen molar-refractivity contribution in [1.29, 1.82) is 0 Å². The molecule has 4 rings (SSSR count). The fraction of sp³-hybridized carbons (Fsp3) is 0.182. The summed E-state index contributed by atoms with van der Waals surface area (Å²) in [6.07, 6.45) is 4.77. The molecule has 0 aliphatic carbocycles. The predicted octanol–water partition coefficient (Wildman–Crippen LogP) is 4.90. The number of aromatic nitrogens is 4. The average Bonchev–Trinajstić information content (AvgIpc) is 2.81. The van der Waals surface area contributed by atoms with Crippen LogP contribution in [-0.2, 0) is 0 Å². The first-order chi connectivity index (χ1) is 15.5. The number of ether oxygens (including phenoxy) is 2. The van der Waals surface area contributed by atoms with Gasteiger partial charge in [-0.25, -0.2) is 24.3 Å². The molecule has 0 amide bonds. The first kappa shape index (κ1) is 24.2. The van der Waals surface area contributed by atoms with Gasteiger partial charge in [0.05, 0.1) is 24.9 Å². The quantitative estimate of drug-likeness (QED) is 0.373. The number of nitrogens with zero attached hydrogens (tertiary/aromatic N) is 5. The van der Waals surface area contributed by atoms with Crippen molar-refractivity contribution in [1.82, 2.24) is 19.9 Å². The molecule has 1 N–H and O–H groups in total. The number of likely N-dealkylation sites (N-methyl/N-ethyl adjacent to an activating group) is 1. The van der Waals surface area contributed by atoms with Crippen molar-refractivity contribution in [2.75, 3.05) is 37.5 Å². The highest BCUT2D eigenvalue weighted by Crippen LogP contribution is 2.35. The Morgan fingerprint density at radius 3 is 2.58 bits per heavy atom. The number of hydrogen-bond donors (Lipinski definition) is 1. The van der Waals surface area contributed by atoms with Gasteiger partial charge in [-0.2, -0.15) is 0 Å². The molecule has 8 nitrogen and oxygen atoms in total. The van der Waals surface area contributed by atoms with Crippen molar-refractivity contribution in [2.45, 2.75) is 0 Å². The molecule has 0 aliphatic heterocycles. The van der Waals surface area contributed by atoms with E-state index in [-0.39, 0.29) is 18.1 Å². The number of rotatable bonds is 8. The van der Waals surface area contributed by atoms with Gasteiger partial charge in [-0.3, -0.25) is 0 Å². The summed E-state index contributed by atoms with van der Waals surface area (Å²) in [6.45, 7) is 0.945. The van der Waals surface area contributed by atoms with Gasteiger partial charge in [0.25, 0.3) is 0 Å². The highest BCUT2D eigenvalue weighted by atomic mass is 35.5. The molecule has 0 radical (unpaired) electrons. The molecule has 0 fully saturated rings. The zero-order chi connectivity index (χ0) is 22.5. The molecule has 33 heavy (non-hydrogen) atoms. The van der Waals surface area contributed by atoms with Crippen LogP contribution in [0.2, 0.25) is 5.02 Å². The monoisotopic (exact) mass is 490 g/mol. The van der Waals surface area contributed by atoms with Gasteiger partial charge in [0.15, 0.2) is 11.5 Å². The molecule has 0 saturated carbocycles. The summed E-state index contributed by atoms with van der Waals surface area (Å²) < 4.78 is 25.7. The fourth-order valence-corrected chi connectivity index (χ4v) is 3.19. The molecule has 0 saturated heterocycles. The van der Waals surface area contributed by atoms with Crippen molar-refractivity contribution in [2.24, 2.45) is 0 Å². The zero-order valence-corrected chi connectivity index (χ0v) is 19.4. The highest BCUT2D eigenvalue weighted by Gasteiger charge is 2.14. The number of halogens is 3. The molecule has 2 heterocycles. The Bertz CT molecular complexity index is 1230. The molecule has 2 aromatic heterocycles. The van der Waals surface area contributed by atoms with E-state index in [9.17, 15) is 4.39 Å². The molecule has 2 aromatic carbocycles. The lowest BCUT2D eigenvalue weighted by atomic mass is 10.2. The third kappa shape index (κ3) is 5.68. The van der Waals surface area contributed by atoms with Crippen molar-refractivity contribution < 1.29 is 13.9 Å². The van der Waals surface area contributed by atoms with Crippen LogP contribution < -0.4 is 19.7 Å². The highest BCUT2D eigenvalue weighted by molar-refractivity contribution is 6.30. The zero-order valence-electron chi connectivity index (χ0n) is 17.8. The average molecular weight is 491 g/mol. The second kappa shape index (κ2) is 10.9. The molecule has 172 valence electrons. The number of benzene rings is 2. The van der Waals surface area contributed by atoms with Crippen LogP contribution in [0, 0.1) is 5.82 Å². The summed E-state index contributed by atoms with van der Waals surface area (Å²) in [5.74, 6) is 1.60. The standard InChI is InChI=1S/C22H20ClFN6O2.ClH/c1-30(22-25-6-3-7-26-22)8-9-32-20-12-18-15(11-19(20)31-2)21(28-13-27-18)29-17-5-4-14(23)10-16(17)24;/h3-7,10-13H,8-9H2,1-2H3,(H,27,28,29);1H. The molecular formula is C22H21Cl2FN6O2. The first-order valence-electron chi connectivity index (χ1n) is 9.71. The number of hydrogen-bond acceptors (Lipinski definition) is 8. The maximum absolute atomic E-state index is 14.2. The van der Waals surface area contributed by atoms with E-state index in [0.717, 1.165) is 0 Å². The minimum absolute atomic E-state index is 0. The molecule has 11 heteroatoms. The molecule has 0 atom stereocenters. The maximum atomic E-state index is 14.2. The van der Waals surface area contributed by atoms with Crippen LogP contribution in [0.5, 0.6) is 11.5 Å². The Kier molecular flexibility index (Phi) is 8.02. The smallest absolute Gasteiger partial charge is 0.225 e. The van der Waals surface area contributed by atoms with Crippen molar-refractivity contribution in [3.8, 4) is 11.5 Å². The van der Waals surface area contributed by atoms with Gasteiger partial charge in [0.2, 0.25) is 5.95 Å². The Hall–Kier alpha value is -3.43. The minimum atomic E-state index is -0.484. The molecule has 0 spiro atoms. The largest absolute Gasteiger partial charge is 0.493 e. The second-order valence-electron chi connectivity index (χ2n) is 6.81. The van der Waals surface area contributed by atoms with Crippen LogP contribution in [0.1, 0.15) is 0 Å². The van der Waals surface area contributed by atoms with Crippen LogP contribution in [0.15, 0.2) is 55.1 Å². The molecule has 0 unspecified atom stereocenters. The van der Waals surface area contributed by atoms with Crippen molar-refractivity contribution >= 4 is 52.4 Å². The van der Waals surface area contributed by atoms with Gasteiger partial charge in [0.1, 0.15) is 24.6 Å². The summed E-state index contributed by atoms with van der Waals surface area (Å²) in [6, 6.07) is 9.66. The SMILES string of the molecule is COc1cc2c(Nc3ccc(Cl)cc3F)ncnc2cc1OCCN(C)c1ncccn1.Cl. The Morgan fingerprint density at radius 1 is 1.06 bits per heavy atom. The maximum Gasteiger partial charge on any atom is 0.225 e. The topological polar surface area (TPSA) is 85.3 Å². The van der Waals surface area contributed by atoms with Gasteiger partial charge in [-0.1, -0.05) is 11.6 Å². The van der Waals surface area contributed by atoms with Gasteiger partial charge in [-0.05, 0) is 30.3 Å². The van der Waals surface area contributed by atoms with E-state index in [1.54, 1.807) is 49.8 Å². The van der Waals surface area contributed by atoms with Crippen LogP contribution in [0.4, 0.5) is 21.8 Å². The third-order valence-electron chi connectivity index (χ3n) is 4.68. The Labute approximate surface area is 201 Å². The Balaban J connectivity index is 0.00000306. The van der Waals surface area contributed by atoms with Crippen LogP contribution >= 0.6 is 24.0 Å². The number of nitrogens with one attached hydrogen (secondary N) is 1. The molecule has 4 aromatic rings. The van der Waals surface area contributed by atoms with Crippen LogP contribution in [0.3, 0.4) is 0 Å². The summed E-state index contributed by atoms with van der Waals surface area (Å²) in [5.41, 5.74) is 0.868. The van der Waals surface area contributed by atoms with Crippen molar-refractivity contribution in [3.63, 3.8) is 0 Å². The lowest BCUT2D eigenvalue weighted by molar-refractivity contribution is 0.301. The minimum Gasteiger partial charge on any atom is -0.493 e. The normalized spacial score (nSPS) is 10.4. The number of anilines is 3. The fourth-order valence-electron chi connectivity index (χ4n) is 3.04. The second-order valence-corrected chi connectivity index (χ2v) is 7.25. The third-order valence-corrected chi connectivity index (χ3v) is 4.92. The lowest BCUT2D eigenvalue weighted by Crippen LogP contribution is -2.25. The van der Waals surface area contributed by atoms with Gasteiger partial charge in [-0.15, -0.1) is 12.4 Å². The van der Waals surface area contributed by atoms with Crippen molar-refractivity contribution in [3.05, 3.63) is 66.0 Å². The van der Waals surface area contributed by atoms with E-state index in [1.165, 1.54) is 12.4 Å². The molecule has 0 aliphatic rings. The summed E-state index contributed by atoms with van der Waals surface area (Å²) in [4.78, 5) is 18.9. The lowest BCUT2D eigenvalue weighted by Gasteiger charge is -2.18. The number of fused-ring (bicyclic) bond motifs is 1. The van der Waals surface area contributed by atoms with Gasteiger partial charge in [0, 0.05) is 35.9 Å². The Morgan fingerprint density at radius 2 is 1.85 bits per heavy atom. The van der Waals surface area contributed by atoms with E-state index in [2.05, 4.69) is 25.3 Å². The summed E-state index contributed by atoms with van der Waals surface area (Å²) in [5, 5.41) is 3.95. The molecule has 0 bridgehead atoms. The van der Waals surface area contributed by atoms with E-state index < -0.39 is 5.82 Å². The van der Waals surface area contributed by atoms with Crippen LogP contribution in [-0.4, -0.2) is 47.2 Å². The van der Waals surface area contributed by atoms with E-state index in [0.29, 0.717) is 52.3 Å². The van der Waals surface area contributed by atoms with E-state index in [4.69, 9.17) is 21.1 Å². The van der Waals surface area contributed by atoms with E-state index >= 15 is 0 Å². The predicted molar refractivity (Wildman–Crippen MR) is 129 cm³/mol. The first-order valence-corrected chi connectivity index (χ1v) is 10.1. The van der Waals surface area contributed by atoms with Crippen LogP contribution in [0.25, 0.3) is 10.9 Å². The summed E-state index contributed by atoms with van der Waals surface area (Å²) in [7, 11) is 3.44. The van der Waals surface area contributed by atoms with Gasteiger partial charge >= 0.3 is 0 Å². The van der Waals surface area contributed by atoms with E-state index in [1.807, 2.05) is 11.9 Å². The van der Waals surface area contributed by atoms with Gasteiger partial charge < -0.3 is 19.7 Å². The molecular weight excluding hydrogens is 470 g/mol.